The van der Waals surface area contributed by atoms with Gasteiger partial charge in [0.15, 0.2) is 5.13 Å². The average Bonchev–Trinajstić information content (AvgIpc) is 3.43. The van der Waals surface area contributed by atoms with Gasteiger partial charge in [-0.05, 0) is 37.7 Å². The molecule has 2 heterocycles. The molecule has 2 aromatic carbocycles. The van der Waals surface area contributed by atoms with E-state index in [9.17, 15) is 14.4 Å². The van der Waals surface area contributed by atoms with Gasteiger partial charge < -0.3 is 24.5 Å². The second-order valence-electron chi connectivity index (χ2n) is 8.78. The van der Waals surface area contributed by atoms with Crippen LogP contribution in [0.15, 0.2) is 64.8 Å². The highest BCUT2D eigenvalue weighted by molar-refractivity contribution is 7.14. The van der Waals surface area contributed by atoms with Gasteiger partial charge in [0.2, 0.25) is 0 Å². The van der Waals surface area contributed by atoms with Crippen LogP contribution in [0.4, 0.5) is 5.13 Å². The third-order valence-electron chi connectivity index (χ3n) is 5.41. The molecule has 9 nitrogen and oxygen atoms in total. The molecular formula is C28H33N5O4S. The Morgan fingerprint density at radius 1 is 1.00 bits per heavy atom. The van der Waals surface area contributed by atoms with E-state index >= 15 is 0 Å². The Labute approximate surface area is 226 Å². The van der Waals surface area contributed by atoms with Crippen LogP contribution in [0.25, 0.3) is 22.2 Å². The van der Waals surface area contributed by atoms with E-state index in [0.29, 0.717) is 28.9 Å². The summed E-state index contributed by atoms with van der Waals surface area (Å²) in [5.41, 5.74) is 2.89. The van der Waals surface area contributed by atoms with Gasteiger partial charge in [0.05, 0.1) is 11.3 Å². The number of thiazole rings is 1. The van der Waals surface area contributed by atoms with Crippen LogP contribution in [-0.4, -0.2) is 87.1 Å². The van der Waals surface area contributed by atoms with Crippen molar-refractivity contribution in [2.45, 2.75) is 0 Å². The number of anilines is 1. The summed E-state index contributed by atoms with van der Waals surface area (Å²) in [4.78, 5) is 56.3. The van der Waals surface area contributed by atoms with Crippen molar-refractivity contribution in [3.8, 4) is 11.3 Å². The summed E-state index contributed by atoms with van der Waals surface area (Å²) in [6.07, 6.45) is 0.833. The first kappa shape index (κ1) is 30.1. The van der Waals surface area contributed by atoms with Gasteiger partial charge in [0, 0.05) is 56.3 Å². The van der Waals surface area contributed by atoms with E-state index < -0.39 is 0 Å². The van der Waals surface area contributed by atoms with Gasteiger partial charge >= 0.3 is 0 Å². The van der Waals surface area contributed by atoms with Gasteiger partial charge in [-0.15, -0.1) is 11.3 Å². The molecule has 4 aromatic rings. The molecular weight excluding hydrogens is 502 g/mol. The molecule has 200 valence electrons. The number of carbonyl (C=O) groups excluding carboxylic acids is 3. The van der Waals surface area contributed by atoms with Gasteiger partial charge in [0.1, 0.15) is 13.1 Å². The van der Waals surface area contributed by atoms with Gasteiger partial charge in [-0.2, -0.15) is 0 Å². The number of rotatable bonds is 7. The molecule has 38 heavy (non-hydrogen) atoms. The van der Waals surface area contributed by atoms with Gasteiger partial charge in [-0.25, -0.2) is 4.98 Å². The normalized spacial score (nSPS) is 10.2. The molecule has 0 unspecified atom stereocenters. The zero-order chi connectivity index (χ0) is 28.2. The summed E-state index contributed by atoms with van der Waals surface area (Å²) < 4.78 is 0. The Bertz CT molecular complexity index is 1400. The molecule has 0 bridgehead atoms. The molecule has 0 aliphatic heterocycles. The fourth-order valence-corrected chi connectivity index (χ4v) is 4.08. The van der Waals surface area contributed by atoms with Crippen LogP contribution in [0.3, 0.4) is 0 Å². The largest absolute Gasteiger partial charge is 0.354 e. The minimum Gasteiger partial charge on any atom is -0.354 e. The molecule has 0 saturated heterocycles. The maximum atomic E-state index is 12.6. The number of nitrogens with zero attached hydrogens (tertiary/aromatic N) is 4. The third kappa shape index (κ3) is 8.19. The number of hydrogen-bond donors (Lipinski definition) is 1. The van der Waals surface area contributed by atoms with Crippen molar-refractivity contribution in [1.29, 1.82) is 0 Å². The molecule has 10 heteroatoms. The number of nitrogens with one attached hydrogen (secondary N) is 1. The summed E-state index contributed by atoms with van der Waals surface area (Å²) in [5.74, 6) is -0.0659. The van der Waals surface area contributed by atoms with Crippen molar-refractivity contribution in [3.63, 3.8) is 0 Å². The number of likely N-dealkylation sites (N-methyl/N-ethyl adjacent to an activating group) is 2. The van der Waals surface area contributed by atoms with E-state index in [1.54, 1.807) is 36.2 Å². The summed E-state index contributed by atoms with van der Waals surface area (Å²) in [5, 5.41) is 3.58. The van der Waals surface area contributed by atoms with Gasteiger partial charge in [-0.1, -0.05) is 36.4 Å². The zero-order valence-electron chi connectivity index (χ0n) is 22.3. The number of benzene rings is 2. The zero-order valence-corrected chi connectivity index (χ0v) is 23.1. The number of H-pyrrole nitrogens is 1. The van der Waals surface area contributed by atoms with Crippen LogP contribution in [0.5, 0.6) is 0 Å². The maximum absolute atomic E-state index is 12.6. The van der Waals surface area contributed by atoms with E-state index in [1.165, 1.54) is 11.3 Å². The number of carbonyl (C=O) groups is 3. The van der Waals surface area contributed by atoms with Crippen molar-refractivity contribution >= 4 is 46.4 Å². The van der Waals surface area contributed by atoms with Crippen LogP contribution < -0.4 is 10.5 Å². The smallest absolute Gasteiger partial charge is 0.257 e. The van der Waals surface area contributed by atoms with E-state index in [-0.39, 0.29) is 11.5 Å². The Hall–Kier alpha value is -4.15. The fraction of sp³-hybridized carbons (Fsp3) is 0.250. The molecule has 0 aliphatic rings. The topological polar surface area (TPSA) is 107 Å². The van der Waals surface area contributed by atoms with Crippen molar-refractivity contribution < 1.29 is 14.4 Å². The summed E-state index contributed by atoms with van der Waals surface area (Å²) >= 11 is 1.49. The van der Waals surface area contributed by atoms with Crippen LogP contribution in [-0.2, 0) is 4.79 Å². The van der Waals surface area contributed by atoms with Crippen LogP contribution >= 0.6 is 11.3 Å². The summed E-state index contributed by atoms with van der Waals surface area (Å²) in [6.45, 7) is 3.43. The lowest BCUT2D eigenvalue weighted by molar-refractivity contribution is -0.0980. The first-order valence-electron chi connectivity index (χ1n) is 11.7. The molecule has 4 rings (SSSR count). The number of amides is 1. The number of aldehydes is 1. The van der Waals surface area contributed by atoms with Crippen LogP contribution in [0.2, 0.25) is 0 Å². The van der Waals surface area contributed by atoms with E-state index in [1.807, 2.05) is 80.5 Å². The van der Waals surface area contributed by atoms with E-state index in [4.69, 9.17) is 4.79 Å². The van der Waals surface area contributed by atoms with E-state index in [0.717, 1.165) is 28.9 Å². The lowest BCUT2D eigenvalue weighted by Crippen LogP contribution is -2.33. The average molecular weight is 536 g/mol. The van der Waals surface area contributed by atoms with Gasteiger partial charge in [0.25, 0.3) is 11.5 Å². The summed E-state index contributed by atoms with van der Waals surface area (Å²) in [6, 6.07) is 16.3. The van der Waals surface area contributed by atoms with Crippen molar-refractivity contribution in [2.75, 3.05) is 53.2 Å². The molecule has 1 amide bonds. The maximum Gasteiger partial charge on any atom is 0.257 e. The Balaban J connectivity index is 0.000000428. The third-order valence-corrected chi connectivity index (χ3v) is 6.42. The minimum atomic E-state index is -0.214. The number of aromatic amines is 1. The number of aromatic nitrogens is 2. The first-order valence-corrected chi connectivity index (χ1v) is 12.6. The number of hydrogen-bond acceptors (Lipinski definition) is 8. The monoisotopic (exact) mass is 535 g/mol. The second-order valence-corrected chi connectivity index (χ2v) is 9.62. The quantitative estimate of drug-likeness (QED) is 0.360. The molecule has 0 radical (unpaired) electrons. The lowest BCUT2D eigenvalue weighted by Gasteiger charge is -2.19. The SMILES string of the molecule is C=O.CN(C)CCN(C)C(=O)c1ccc2cc(-c3csc(N(C)C)n3)c(=O)[nH]c2c1.O=Cc1ccccc1. The molecule has 0 atom stereocenters. The highest BCUT2D eigenvalue weighted by Crippen LogP contribution is 2.26. The van der Waals surface area contributed by atoms with Crippen LogP contribution in [0.1, 0.15) is 20.7 Å². The molecule has 0 saturated carbocycles. The van der Waals surface area contributed by atoms with Crippen molar-refractivity contribution in [1.82, 2.24) is 19.8 Å². The Kier molecular flexibility index (Phi) is 11.5. The Morgan fingerprint density at radius 3 is 2.24 bits per heavy atom. The minimum absolute atomic E-state index is 0.0659. The molecule has 2 aromatic heterocycles. The predicted molar refractivity (Wildman–Crippen MR) is 154 cm³/mol. The second kappa shape index (κ2) is 14.6. The molecule has 1 N–H and O–H groups in total. The fourth-order valence-electron chi connectivity index (χ4n) is 3.32. The predicted octanol–water partition coefficient (Wildman–Crippen LogP) is 3.67. The standard InChI is InChI=1S/C20H25N5O2S.C7H6O.CH2O/c1-23(2)8-9-25(5)19(27)14-7-6-13-10-15(18(26)21-16(13)11-14)17-12-28-20(22-17)24(3)4;8-6-7-4-2-1-3-5-7;1-2/h6-7,10-12H,8-9H2,1-5H3,(H,21,26);1-6H;1H2. The van der Waals surface area contributed by atoms with Crippen molar-refractivity contribution in [3.05, 3.63) is 81.5 Å². The molecule has 0 fully saturated rings. The highest BCUT2D eigenvalue weighted by Gasteiger charge is 2.15. The number of pyridine rings is 1. The highest BCUT2D eigenvalue weighted by atomic mass is 32.1. The summed E-state index contributed by atoms with van der Waals surface area (Å²) in [7, 11) is 9.57. The molecule has 0 spiro atoms. The van der Waals surface area contributed by atoms with Gasteiger partial charge in [-0.3, -0.25) is 14.4 Å². The van der Waals surface area contributed by atoms with E-state index in [2.05, 4.69) is 9.97 Å². The van der Waals surface area contributed by atoms with Crippen LogP contribution in [0, 0.1) is 0 Å². The Morgan fingerprint density at radius 2 is 1.68 bits per heavy atom. The molecule has 0 aliphatic carbocycles. The first-order chi connectivity index (χ1) is 18.2. The van der Waals surface area contributed by atoms with Crippen molar-refractivity contribution in [2.24, 2.45) is 0 Å². The number of fused-ring (bicyclic) bond motifs is 1. The lowest BCUT2D eigenvalue weighted by atomic mass is 10.1.